The average molecular weight is 271 g/mol. The Hall–Kier alpha value is -0.970. The molecule has 1 aromatic rings. The summed E-state index contributed by atoms with van der Waals surface area (Å²) in [6.07, 6.45) is 0. The number of hydrogen-bond acceptors (Lipinski definition) is 4. The maximum absolute atomic E-state index is 6.13. The summed E-state index contributed by atoms with van der Waals surface area (Å²) in [6, 6.07) is 4.39. The topological polar surface area (TPSA) is 33.7 Å². The molecular formula is C13H19ClN2O2. The van der Waals surface area contributed by atoms with E-state index < -0.39 is 0 Å². The summed E-state index contributed by atoms with van der Waals surface area (Å²) in [7, 11) is 4.15. The number of ether oxygens (including phenoxy) is 2. The highest BCUT2D eigenvalue weighted by atomic mass is 35.5. The summed E-state index contributed by atoms with van der Waals surface area (Å²) in [5, 5.41) is 4.02. The van der Waals surface area contributed by atoms with Gasteiger partial charge in [0.2, 0.25) is 6.79 Å². The molecule has 0 bridgehead atoms. The van der Waals surface area contributed by atoms with Gasteiger partial charge in [0.05, 0.1) is 5.02 Å². The van der Waals surface area contributed by atoms with Crippen molar-refractivity contribution >= 4 is 11.6 Å². The first kappa shape index (κ1) is 13.5. The molecule has 1 N–H and O–H groups in total. The number of hydrogen-bond donors (Lipinski definition) is 1. The summed E-state index contributed by atoms with van der Waals surface area (Å²) in [6.45, 7) is 4.14. The minimum atomic E-state index is 0.254. The zero-order valence-electron chi connectivity index (χ0n) is 11.0. The van der Waals surface area contributed by atoms with Gasteiger partial charge in [0.1, 0.15) is 0 Å². The first-order valence-corrected chi connectivity index (χ1v) is 6.41. The molecular weight excluding hydrogens is 252 g/mol. The Morgan fingerprint density at radius 1 is 1.39 bits per heavy atom. The highest BCUT2D eigenvalue weighted by Gasteiger charge is 2.18. The van der Waals surface area contributed by atoms with E-state index in [1.165, 1.54) is 0 Å². The second-order valence-corrected chi connectivity index (χ2v) is 5.16. The molecule has 1 aliphatic heterocycles. The van der Waals surface area contributed by atoms with Crippen LogP contribution in [0.5, 0.6) is 11.5 Å². The van der Waals surface area contributed by atoms with Crippen LogP contribution in [0.2, 0.25) is 5.02 Å². The van der Waals surface area contributed by atoms with Crippen molar-refractivity contribution in [2.45, 2.75) is 19.5 Å². The maximum Gasteiger partial charge on any atom is 0.231 e. The van der Waals surface area contributed by atoms with Gasteiger partial charge in [0.15, 0.2) is 11.5 Å². The van der Waals surface area contributed by atoms with E-state index in [-0.39, 0.29) is 6.79 Å². The van der Waals surface area contributed by atoms with E-state index in [9.17, 15) is 0 Å². The number of nitrogens with one attached hydrogen (secondary N) is 1. The summed E-state index contributed by atoms with van der Waals surface area (Å²) < 4.78 is 10.6. The van der Waals surface area contributed by atoms with Crippen molar-refractivity contribution in [1.29, 1.82) is 0 Å². The van der Waals surface area contributed by atoms with Crippen molar-refractivity contribution in [2.24, 2.45) is 0 Å². The van der Waals surface area contributed by atoms with Crippen LogP contribution < -0.4 is 14.8 Å². The molecule has 0 fully saturated rings. The van der Waals surface area contributed by atoms with Gasteiger partial charge in [0, 0.05) is 19.1 Å². The van der Waals surface area contributed by atoms with Crippen molar-refractivity contribution in [1.82, 2.24) is 10.2 Å². The zero-order chi connectivity index (χ0) is 13.1. The van der Waals surface area contributed by atoms with E-state index in [2.05, 4.69) is 31.2 Å². The fourth-order valence-electron chi connectivity index (χ4n) is 1.73. The third-order valence-electron chi connectivity index (χ3n) is 3.14. The largest absolute Gasteiger partial charge is 0.454 e. The van der Waals surface area contributed by atoms with Gasteiger partial charge in [-0.25, -0.2) is 0 Å². The molecule has 5 heteroatoms. The number of halogens is 1. The Morgan fingerprint density at radius 3 is 2.89 bits per heavy atom. The lowest BCUT2D eigenvalue weighted by atomic mass is 10.2. The molecule has 1 aliphatic rings. The molecule has 0 saturated heterocycles. The fraction of sp³-hybridized carbons (Fsp3) is 0.538. The predicted molar refractivity (Wildman–Crippen MR) is 72.4 cm³/mol. The molecule has 0 spiro atoms. The van der Waals surface area contributed by atoms with Gasteiger partial charge in [-0.05, 0) is 38.7 Å². The van der Waals surface area contributed by atoms with Gasteiger partial charge >= 0.3 is 0 Å². The zero-order valence-corrected chi connectivity index (χ0v) is 11.8. The summed E-state index contributed by atoms with van der Waals surface area (Å²) in [4.78, 5) is 2.18. The molecule has 1 atom stereocenters. The molecule has 0 aromatic heterocycles. The van der Waals surface area contributed by atoms with Crippen LogP contribution in [-0.2, 0) is 6.54 Å². The van der Waals surface area contributed by atoms with Crippen LogP contribution in [0.3, 0.4) is 0 Å². The molecule has 0 radical (unpaired) electrons. The van der Waals surface area contributed by atoms with E-state index in [1.54, 1.807) is 0 Å². The minimum absolute atomic E-state index is 0.254. The van der Waals surface area contributed by atoms with Gasteiger partial charge in [-0.15, -0.1) is 0 Å². The average Bonchev–Trinajstić information content (AvgIpc) is 2.77. The Labute approximate surface area is 113 Å². The van der Waals surface area contributed by atoms with Crippen LogP contribution in [-0.4, -0.2) is 38.4 Å². The predicted octanol–water partition coefficient (Wildman–Crippen LogP) is 2.11. The Kier molecular flexibility index (Phi) is 4.32. The number of benzene rings is 1. The molecule has 0 saturated carbocycles. The smallest absolute Gasteiger partial charge is 0.231 e. The van der Waals surface area contributed by atoms with Crippen molar-refractivity contribution in [3.05, 3.63) is 22.7 Å². The van der Waals surface area contributed by atoms with Crippen LogP contribution in [0.1, 0.15) is 12.5 Å². The summed E-state index contributed by atoms with van der Waals surface area (Å²) >= 11 is 6.13. The van der Waals surface area contributed by atoms with Crippen molar-refractivity contribution in [3.63, 3.8) is 0 Å². The van der Waals surface area contributed by atoms with E-state index in [0.29, 0.717) is 16.8 Å². The van der Waals surface area contributed by atoms with Crippen LogP contribution >= 0.6 is 11.6 Å². The van der Waals surface area contributed by atoms with Crippen LogP contribution in [0.4, 0.5) is 0 Å². The second-order valence-electron chi connectivity index (χ2n) is 4.75. The second kappa shape index (κ2) is 5.78. The van der Waals surface area contributed by atoms with Crippen LogP contribution in [0.25, 0.3) is 0 Å². The van der Waals surface area contributed by atoms with Gasteiger partial charge in [0.25, 0.3) is 0 Å². The normalized spacial score (nSPS) is 15.2. The van der Waals surface area contributed by atoms with E-state index >= 15 is 0 Å². The molecule has 4 nitrogen and oxygen atoms in total. The van der Waals surface area contributed by atoms with E-state index in [0.717, 1.165) is 24.4 Å². The molecule has 0 aliphatic carbocycles. The Morgan fingerprint density at radius 2 is 2.17 bits per heavy atom. The van der Waals surface area contributed by atoms with Gasteiger partial charge in [-0.3, -0.25) is 0 Å². The van der Waals surface area contributed by atoms with E-state index in [1.807, 2.05) is 12.1 Å². The third kappa shape index (κ3) is 3.07. The van der Waals surface area contributed by atoms with Gasteiger partial charge < -0.3 is 19.7 Å². The SMILES string of the molecule is CC(CNCc1cc(Cl)c2c(c1)OCO2)N(C)C. The number of likely N-dealkylation sites (N-methyl/N-ethyl adjacent to an activating group) is 1. The standard InChI is InChI=1S/C13H19ClN2O2/c1-9(16(2)3)6-15-7-10-4-11(14)13-12(5-10)17-8-18-13/h4-5,9,15H,6-8H2,1-3H3. The highest BCUT2D eigenvalue weighted by Crippen LogP contribution is 2.39. The number of rotatable bonds is 5. The molecule has 0 amide bonds. The quantitative estimate of drug-likeness (QED) is 0.889. The summed E-state index contributed by atoms with van der Waals surface area (Å²) in [5.41, 5.74) is 1.11. The molecule has 2 rings (SSSR count). The number of fused-ring (bicyclic) bond motifs is 1. The van der Waals surface area contributed by atoms with Crippen molar-refractivity contribution in [2.75, 3.05) is 27.4 Å². The Balaban J connectivity index is 1.92. The monoisotopic (exact) mass is 270 g/mol. The summed E-state index contributed by atoms with van der Waals surface area (Å²) in [5.74, 6) is 1.39. The number of nitrogens with zero attached hydrogens (tertiary/aromatic N) is 1. The first-order valence-electron chi connectivity index (χ1n) is 6.03. The molecule has 18 heavy (non-hydrogen) atoms. The first-order chi connectivity index (χ1) is 8.58. The lowest BCUT2D eigenvalue weighted by Crippen LogP contribution is -2.35. The fourth-order valence-corrected chi connectivity index (χ4v) is 2.02. The van der Waals surface area contributed by atoms with Crippen LogP contribution in [0, 0.1) is 0 Å². The van der Waals surface area contributed by atoms with Crippen LogP contribution in [0.15, 0.2) is 12.1 Å². The lowest BCUT2D eigenvalue weighted by molar-refractivity contribution is 0.174. The highest BCUT2D eigenvalue weighted by molar-refractivity contribution is 6.32. The van der Waals surface area contributed by atoms with Gasteiger partial charge in [-0.1, -0.05) is 11.6 Å². The molecule has 1 unspecified atom stereocenters. The van der Waals surface area contributed by atoms with Crippen molar-refractivity contribution in [3.8, 4) is 11.5 Å². The van der Waals surface area contributed by atoms with E-state index in [4.69, 9.17) is 21.1 Å². The lowest BCUT2D eigenvalue weighted by Gasteiger charge is -2.20. The minimum Gasteiger partial charge on any atom is -0.454 e. The third-order valence-corrected chi connectivity index (χ3v) is 3.42. The Bertz CT molecular complexity index is 424. The molecule has 1 aromatic carbocycles. The van der Waals surface area contributed by atoms with Gasteiger partial charge in [-0.2, -0.15) is 0 Å². The molecule has 100 valence electrons. The maximum atomic E-state index is 6.13. The van der Waals surface area contributed by atoms with Crippen molar-refractivity contribution < 1.29 is 9.47 Å². The molecule has 1 heterocycles.